The van der Waals surface area contributed by atoms with Crippen LogP contribution in [0.2, 0.25) is 0 Å². The molecule has 0 aromatic carbocycles. The number of aromatic nitrogens is 2. The summed E-state index contributed by atoms with van der Waals surface area (Å²) in [5.41, 5.74) is 0.934. The summed E-state index contributed by atoms with van der Waals surface area (Å²) in [6, 6.07) is 3.99. The molecule has 0 bridgehead atoms. The Labute approximate surface area is 85.7 Å². The number of hydrogen-bond donors (Lipinski definition) is 1. The normalized spacial score (nSPS) is 10.7. The minimum Gasteiger partial charge on any atom is -0.345 e. The molecule has 2 aromatic heterocycles. The van der Waals surface area contributed by atoms with Crippen molar-refractivity contribution in [3.63, 3.8) is 0 Å². The highest BCUT2D eigenvalue weighted by molar-refractivity contribution is 14.1. The van der Waals surface area contributed by atoms with E-state index in [-0.39, 0.29) is 0 Å². The molecule has 0 saturated heterocycles. The van der Waals surface area contributed by atoms with E-state index in [0.29, 0.717) is 0 Å². The Kier molecular flexibility index (Phi) is 1.88. The molecule has 1 N–H and O–H groups in total. The molecular weight excluding hydrogens is 319 g/mol. The molecule has 0 radical (unpaired) electrons. The maximum atomic E-state index is 4.25. The van der Waals surface area contributed by atoms with E-state index in [1.165, 1.54) is 8.96 Å². The molecule has 2 rings (SSSR count). The maximum absolute atomic E-state index is 4.25. The summed E-state index contributed by atoms with van der Waals surface area (Å²) >= 11 is 5.59. The summed E-state index contributed by atoms with van der Waals surface area (Å²) in [6.07, 6.45) is 1.95. The molecule has 56 valence electrons. The Morgan fingerprint density at radius 1 is 1.45 bits per heavy atom. The average Bonchev–Trinajstić information content (AvgIpc) is 2.32. The van der Waals surface area contributed by atoms with E-state index < -0.39 is 0 Å². The largest absolute Gasteiger partial charge is 0.345 e. The fourth-order valence-electron chi connectivity index (χ4n) is 0.948. The van der Waals surface area contributed by atoms with Crippen molar-refractivity contribution >= 4 is 49.6 Å². The van der Waals surface area contributed by atoms with Crippen molar-refractivity contribution in [1.82, 2.24) is 9.97 Å². The number of nitrogens with one attached hydrogen (secondary N) is 1. The number of rotatable bonds is 0. The first-order chi connectivity index (χ1) is 5.27. The lowest BCUT2D eigenvalue weighted by Gasteiger charge is -1.89. The second kappa shape index (κ2) is 2.75. The van der Waals surface area contributed by atoms with Crippen LogP contribution in [0.15, 0.2) is 22.9 Å². The van der Waals surface area contributed by atoms with Crippen LogP contribution in [0.25, 0.3) is 11.0 Å². The molecule has 0 fully saturated rings. The van der Waals surface area contributed by atoms with Crippen molar-refractivity contribution in [3.05, 3.63) is 26.5 Å². The number of hydrogen-bond acceptors (Lipinski definition) is 1. The number of halogens is 2. The summed E-state index contributed by atoms with van der Waals surface area (Å²) in [6.45, 7) is 0. The molecule has 0 unspecified atom stereocenters. The molecule has 0 aliphatic carbocycles. The summed E-state index contributed by atoms with van der Waals surface area (Å²) < 4.78 is 2.07. The molecule has 0 aliphatic rings. The van der Waals surface area contributed by atoms with Gasteiger partial charge in [-0.25, -0.2) is 4.98 Å². The van der Waals surface area contributed by atoms with Gasteiger partial charge in [0, 0.05) is 15.2 Å². The smallest absolute Gasteiger partial charge is 0.139 e. The van der Waals surface area contributed by atoms with Gasteiger partial charge in [-0.2, -0.15) is 0 Å². The molecule has 0 aliphatic heterocycles. The number of nitrogens with zero attached hydrogens (tertiary/aromatic N) is 1. The first kappa shape index (κ1) is 7.54. The van der Waals surface area contributed by atoms with Crippen molar-refractivity contribution in [1.29, 1.82) is 0 Å². The topological polar surface area (TPSA) is 28.7 Å². The minimum absolute atomic E-state index is 0.864. The van der Waals surface area contributed by atoms with Crippen molar-refractivity contribution in [3.8, 4) is 0 Å². The third-order valence-corrected chi connectivity index (χ3v) is 2.79. The Bertz CT molecular complexity index is 396. The quantitative estimate of drug-likeness (QED) is 0.586. The molecule has 2 aromatic rings. The van der Waals surface area contributed by atoms with Gasteiger partial charge in [-0.15, -0.1) is 0 Å². The van der Waals surface area contributed by atoms with E-state index in [4.69, 9.17) is 0 Å². The first-order valence-corrected chi connectivity index (χ1v) is 4.93. The molecular formula is C7H4BrIN2. The van der Waals surface area contributed by atoms with Gasteiger partial charge in [0.15, 0.2) is 0 Å². The van der Waals surface area contributed by atoms with Crippen molar-refractivity contribution in [2.75, 3.05) is 0 Å². The number of H-pyrrole nitrogens is 1. The molecule has 2 heterocycles. The summed E-state index contributed by atoms with van der Waals surface area (Å²) in [7, 11) is 0. The highest BCUT2D eigenvalue weighted by Gasteiger charge is 2.00. The predicted octanol–water partition coefficient (Wildman–Crippen LogP) is 2.93. The third kappa shape index (κ3) is 1.29. The SMILES string of the molecule is Brc1ccc2c(I)c[nH]c2n1. The average molecular weight is 323 g/mol. The number of pyridine rings is 1. The van der Waals surface area contributed by atoms with Crippen LogP contribution in [0.3, 0.4) is 0 Å². The van der Waals surface area contributed by atoms with Gasteiger partial charge < -0.3 is 4.98 Å². The van der Waals surface area contributed by atoms with Gasteiger partial charge in [0.25, 0.3) is 0 Å². The highest BCUT2D eigenvalue weighted by atomic mass is 127. The van der Waals surface area contributed by atoms with Crippen LogP contribution in [-0.2, 0) is 0 Å². The molecule has 11 heavy (non-hydrogen) atoms. The zero-order valence-electron chi connectivity index (χ0n) is 5.44. The van der Waals surface area contributed by atoms with E-state index >= 15 is 0 Å². The lowest BCUT2D eigenvalue weighted by molar-refractivity contribution is 1.29. The molecule has 4 heteroatoms. The zero-order valence-corrected chi connectivity index (χ0v) is 9.18. The second-order valence-electron chi connectivity index (χ2n) is 2.17. The Morgan fingerprint density at radius 3 is 3.09 bits per heavy atom. The molecule has 0 saturated carbocycles. The lowest BCUT2D eigenvalue weighted by Crippen LogP contribution is -1.76. The van der Waals surface area contributed by atoms with Crippen molar-refractivity contribution < 1.29 is 0 Å². The van der Waals surface area contributed by atoms with Crippen LogP contribution < -0.4 is 0 Å². The van der Waals surface area contributed by atoms with E-state index in [0.717, 1.165) is 10.3 Å². The Morgan fingerprint density at radius 2 is 2.27 bits per heavy atom. The standard InChI is InChI=1S/C7H4BrIN2/c8-6-2-1-4-5(9)3-10-7(4)11-6/h1-3H,(H,10,11). The van der Waals surface area contributed by atoms with Crippen molar-refractivity contribution in [2.24, 2.45) is 0 Å². The van der Waals surface area contributed by atoms with Crippen LogP contribution in [0.4, 0.5) is 0 Å². The lowest BCUT2D eigenvalue weighted by atomic mass is 10.3. The van der Waals surface area contributed by atoms with Crippen molar-refractivity contribution in [2.45, 2.75) is 0 Å². The number of fused-ring (bicyclic) bond motifs is 1. The van der Waals surface area contributed by atoms with Crippen LogP contribution in [-0.4, -0.2) is 9.97 Å². The van der Waals surface area contributed by atoms with Gasteiger partial charge in [-0.05, 0) is 50.7 Å². The van der Waals surface area contributed by atoms with Crippen LogP contribution in [0.1, 0.15) is 0 Å². The monoisotopic (exact) mass is 322 g/mol. The highest BCUT2D eigenvalue weighted by Crippen LogP contribution is 2.19. The summed E-state index contributed by atoms with van der Waals surface area (Å²) in [5.74, 6) is 0. The fraction of sp³-hybridized carbons (Fsp3) is 0. The van der Waals surface area contributed by atoms with Gasteiger partial charge in [0.1, 0.15) is 10.3 Å². The first-order valence-electron chi connectivity index (χ1n) is 3.06. The summed E-state index contributed by atoms with van der Waals surface area (Å²) in [5, 5.41) is 1.17. The predicted molar refractivity (Wildman–Crippen MR) is 56.5 cm³/mol. The van der Waals surface area contributed by atoms with E-state index in [9.17, 15) is 0 Å². The number of aromatic amines is 1. The summed E-state index contributed by atoms with van der Waals surface area (Å²) in [4.78, 5) is 7.33. The van der Waals surface area contributed by atoms with Gasteiger partial charge in [0.2, 0.25) is 0 Å². The van der Waals surface area contributed by atoms with Crippen LogP contribution in [0.5, 0.6) is 0 Å². The molecule has 0 atom stereocenters. The zero-order chi connectivity index (χ0) is 7.84. The molecule has 2 nitrogen and oxygen atoms in total. The molecule has 0 amide bonds. The van der Waals surface area contributed by atoms with Gasteiger partial charge in [0.05, 0.1) is 0 Å². The van der Waals surface area contributed by atoms with E-state index in [1.807, 2.05) is 18.3 Å². The van der Waals surface area contributed by atoms with Gasteiger partial charge in [-0.1, -0.05) is 0 Å². The van der Waals surface area contributed by atoms with E-state index in [2.05, 4.69) is 48.5 Å². The maximum Gasteiger partial charge on any atom is 0.139 e. The van der Waals surface area contributed by atoms with Gasteiger partial charge in [-0.3, -0.25) is 0 Å². The van der Waals surface area contributed by atoms with E-state index in [1.54, 1.807) is 0 Å². The molecule has 0 spiro atoms. The van der Waals surface area contributed by atoms with Gasteiger partial charge >= 0.3 is 0 Å². The Balaban J connectivity index is 2.86. The van der Waals surface area contributed by atoms with Crippen LogP contribution in [0, 0.1) is 3.57 Å². The third-order valence-electron chi connectivity index (χ3n) is 1.45. The fourth-order valence-corrected chi connectivity index (χ4v) is 1.85. The minimum atomic E-state index is 0.864. The van der Waals surface area contributed by atoms with Crippen LogP contribution >= 0.6 is 38.5 Å². The second-order valence-corrected chi connectivity index (χ2v) is 4.14. The Hall–Kier alpha value is -0.100.